The molecule has 0 fully saturated rings. The molecule has 0 aliphatic carbocycles. The van der Waals surface area contributed by atoms with Crippen LogP contribution in [0.2, 0.25) is 0 Å². The first-order valence-corrected chi connectivity index (χ1v) is 3.91. The lowest BCUT2D eigenvalue weighted by molar-refractivity contribution is -0.142. The fourth-order valence-corrected chi connectivity index (χ4v) is 0.868. The van der Waals surface area contributed by atoms with Gasteiger partial charge in [-0.15, -0.1) is 0 Å². The van der Waals surface area contributed by atoms with Gasteiger partial charge >= 0.3 is 5.97 Å². The summed E-state index contributed by atoms with van der Waals surface area (Å²) in [6.07, 6.45) is 2.60. The molecule has 5 nitrogen and oxygen atoms in total. The van der Waals surface area contributed by atoms with E-state index in [1.54, 1.807) is 6.92 Å². The van der Waals surface area contributed by atoms with Crippen LogP contribution in [0.4, 0.5) is 0 Å². The van der Waals surface area contributed by atoms with Gasteiger partial charge in [-0.2, -0.15) is 0 Å². The third kappa shape index (κ3) is 2.70. The van der Waals surface area contributed by atoms with Crippen molar-refractivity contribution in [2.75, 3.05) is 6.61 Å². The molecule has 0 saturated heterocycles. The number of hydrogen-bond donors (Lipinski definition) is 1. The molecule has 1 rings (SSSR count). The van der Waals surface area contributed by atoms with Crippen molar-refractivity contribution in [1.82, 2.24) is 9.97 Å². The normalized spacial score (nSPS) is 9.62. The molecule has 5 heteroatoms. The van der Waals surface area contributed by atoms with Gasteiger partial charge < -0.3 is 9.72 Å². The summed E-state index contributed by atoms with van der Waals surface area (Å²) in [7, 11) is 0. The quantitative estimate of drug-likeness (QED) is 0.661. The third-order valence-corrected chi connectivity index (χ3v) is 1.43. The average molecular weight is 182 g/mol. The zero-order valence-electron chi connectivity index (χ0n) is 7.24. The Morgan fingerprint density at radius 3 is 3.08 bits per heavy atom. The second-order valence-electron chi connectivity index (χ2n) is 2.39. The number of aromatic amines is 1. The zero-order valence-corrected chi connectivity index (χ0v) is 7.24. The van der Waals surface area contributed by atoms with Crippen LogP contribution in [0.15, 0.2) is 17.3 Å². The van der Waals surface area contributed by atoms with Crippen LogP contribution in [-0.4, -0.2) is 22.5 Å². The lowest BCUT2D eigenvalue weighted by Crippen LogP contribution is -2.17. The predicted octanol–water partition coefficient (Wildman–Crippen LogP) is -0.124. The van der Waals surface area contributed by atoms with Crippen molar-refractivity contribution in [3.8, 4) is 0 Å². The summed E-state index contributed by atoms with van der Waals surface area (Å²) < 4.78 is 4.68. The number of rotatable bonds is 3. The molecule has 0 unspecified atom stereocenters. The third-order valence-electron chi connectivity index (χ3n) is 1.43. The molecule has 0 spiro atoms. The predicted molar refractivity (Wildman–Crippen MR) is 45.2 cm³/mol. The van der Waals surface area contributed by atoms with Crippen LogP contribution in [0, 0.1) is 0 Å². The first kappa shape index (κ1) is 9.44. The van der Waals surface area contributed by atoms with E-state index in [9.17, 15) is 9.59 Å². The zero-order chi connectivity index (χ0) is 9.68. The van der Waals surface area contributed by atoms with Crippen LogP contribution >= 0.6 is 0 Å². The van der Waals surface area contributed by atoms with Crippen molar-refractivity contribution in [2.24, 2.45) is 0 Å². The number of hydrogen-bond acceptors (Lipinski definition) is 4. The Morgan fingerprint density at radius 2 is 2.46 bits per heavy atom. The summed E-state index contributed by atoms with van der Waals surface area (Å²) >= 11 is 0. The van der Waals surface area contributed by atoms with Crippen LogP contribution in [0.5, 0.6) is 0 Å². The minimum absolute atomic E-state index is 0.0307. The topological polar surface area (TPSA) is 72.0 Å². The number of carbonyl (C=O) groups is 1. The molecule has 0 amide bonds. The van der Waals surface area contributed by atoms with Crippen LogP contribution in [0.3, 0.4) is 0 Å². The van der Waals surface area contributed by atoms with Crippen LogP contribution in [0.1, 0.15) is 12.5 Å². The van der Waals surface area contributed by atoms with E-state index in [4.69, 9.17) is 0 Å². The van der Waals surface area contributed by atoms with Gasteiger partial charge in [-0.25, -0.2) is 4.98 Å². The van der Waals surface area contributed by atoms with Gasteiger partial charge in [0.05, 0.1) is 19.4 Å². The van der Waals surface area contributed by atoms with Gasteiger partial charge in [-0.05, 0) is 6.92 Å². The van der Waals surface area contributed by atoms with Crippen LogP contribution in [0.25, 0.3) is 0 Å². The number of aromatic nitrogens is 2. The lowest BCUT2D eigenvalue weighted by Gasteiger charge is -1.99. The minimum Gasteiger partial charge on any atom is -0.466 e. The Labute approximate surface area is 74.8 Å². The van der Waals surface area contributed by atoms with E-state index < -0.39 is 5.97 Å². The molecule has 1 heterocycles. The van der Waals surface area contributed by atoms with Gasteiger partial charge in [0.15, 0.2) is 0 Å². The maximum absolute atomic E-state index is 11.1. The summed E-state index contributed by atoms with van der Waals surface area (Å²) in [5.41, 5.74) is 0.0176. The van der Waals surface area contributed by atoms with Crippen molar-refractivity contribution in [2.45, 2.75) is 13.3 Å². The monoisotopic (exact) mass is 182 g/mol. The Balaban J connectivity index is 2.69. The molecule has 0 aliphatic heterocycles. The first-order valence-electron chi connectivity index (χ1n) is 3.91. The molecule has 70 valence electrons. The molecule has 0 aliphatic rings. The molecular weight excluding hydrogens is 172 g/mol. The second-order valence-corrected chi connectivity index (χ2v) is 2.39. The number of nitrogens with one attached hydrogen (secondary N) is 1. The van der Waals surface area contributed by atoms with Gasteiger partial charge in [-0.3, -0.25) is 9.59 Å². The maximum atomic E-state index is 11.1. The van der Waals surface area contributed by atoms with E-state index >= 15 is 0 Å². The number of carbonyl (C=O) groups excluding carboxylic acids is 1. The Morgan fingerprint density at radius 1 is 1.69 bits per heavy atom. The summed E-state index contributed by atoms with van der Waals surface area (Å²) in [6, 6.07) is 0. The molecule has 13 heavy (non-hydrogen) atoms. The Kier molecular flexibility index (Phi) is 3.19. The highest BCUT2D eigenvalue weighted by Crippen LogP contribution is 1.91. The molecular formula is C8H10N2O3. The van der Waals surface area contributed by atoms with E-state index in [1.165, 1.54) is 12.5 Å². The highest BCUT2D eigenvalue weighted by Gasteiger charge is 2.06. The molecule has 0 saturated carbocycles. The van der Waals surface area contributed by atoms with Gasteiger partial charge in [0.1, 0.15) is 0 Å². The molecule has 0 bridgehead atoms. The summed E-state index contributed by atoms with van der Waals surface area (Å²) in [4.78, 5) is 28.1. The van der Waals surface area contributed by atoms with Crippen molar-refractivity contribution in [3.63, 3.8) is 0 Å². The second kappa shape index (κ2) is 4.39. The van der Waals surface area contributed by atoms with Crippen molar-refractivity contribution >= 4 is 5.97 Å². The molecule has 0 radical (unpaired) electrons. The number of H-pyrrole nitrogens is 1. The highest BCUT2D eigenvalue weighted by atomic mass is 16.5. The average Bonchev–Trinajstić information content (AvgIpc) is 2.09. The van der Waals surface area contributed by atoms with Gasteiger partial charge in [0, 0.05) is 11.8 Å². The first-order chi connectivity index (χ1) is 6.24. The van der Waals surface area contributed by atoms with Gasteiger partial charge in [0.2, 0.25) is 0 Å². The van der Waals surface area contributed by atoms with Crippen molar-refractivity contribution < 1.29 is 9.53 Å². The molecule has 1 N–H and O–H groups in total. The number of esters is 1. The highest BCUT2D eigenvalue weighted by molar-refractivity contribution is 5.72. The minimum atomic E-state index is -0.416. The van der Waals surface area contributed by atoms with E-state index in [0.717, 1.165) is 0 Å². The molecule has 0 atom stereocenters. The van der Waals surface area contributed by atoms with Crippen molar-refractivity contribution in [1.29, 1.82) is 0 Å². The fraction of sp³-hybridized carbons (Fsp3) is 0.375. The SMILES string of the molecule is CCOC(=O)Cc1cnc[nH]c1=O. The standard InChI is InChI=1S/C8H10N2O3/c1-2-13-7(11)3-6-4-9-5-10-8(6)12/h4-5H,2-3H2,1H3,(H,9,10,12). The van der Waals surface area contributed by atoms with Crippen molar-refractivity contribution in [3.05, 3.63) is 28.4 Å². The van der Waals surface area contributed by atoms with Gasteiger partial charge in [0.25, 0.3) is 5.56 Å². The molecule has 1 aromatic rings. The van der Waals surface area contributed by atoms with Gasteiger partial charge in [-0.1, -0.05) is 0 Å². The smallest absolute Gasteiger partial charge is 0.310 e. The largest absolute Gasteiger partial charge is 0.466 e. The van der Waals surface area contributed by atoms with E-state index in [1.807, 2.05) is 0 Å². The fourth-order valence-electron chi connectivity index (χ4n) is 0.868. The summed E-state index contributed by atoms with van der Waals surface area (Å²) in [5.74, 6) is -0.416. The summed E-state index contributed by atoms with van der Waals surface area (Å²) in [6.45, 7) is 2.03. The summed E-state index contributed by atoms with van der Waals surface area (Å²) in [5, 5.41) is 0. The maximum Gasteiger partial charge on any atom is 0.310 e. The van der Waals surface area contributed by atoms with Crippen LogP contribution < -0.4 is 5.56 Å². The number of nitrogens with zero attached hydrogens (tertiary/aromatic N) is 1. The van der Waals surface area contributed by atoms with E-state index in [0.29, 0.717) is 12.2 Å². The molecule has 1 aromatic heterocycles. The number of ether oxygens (including phenoxy) is 1. The van der Waals surface area contributed by atoms with E-state index in [-0.39, 0.29) is 12.0 Å². The molecule has 0 aromatic carbocycles. The Bertz CT molecular complexity index is 345. The lowest BCUT2D eigenvalue weighted by atomic mass is 10.2. The Hall–Kier alpha value is -1.65. The van der Waals surface area contributed by atoms with Crippen LogP contribution in [-0.2, 0) is 16.0 Å². The van der Waals surface area contributed by atoms with E-state index in [2.05, 4.69) is 14.7 Å².